The zero-order chi connectivity index (χ0) is 8.15. The molecule has 0 aromatic heterocycles. The Hall–Kier alpha value is 0.1000. The summed E-state index contributed by atoms with van der Waals surface area (Å²) in [7, 11) is 0. The van der Waals surface area contributed by atoms with Gasteiger partial charge in [0.2, 0.25) is 0 Å². The first-order chi connectivity index (χ1) is 4.59. The predicted molar refractivity (Wildman–Crippen MR) is 57.9 cm³/mol. The smallest absolute Gasteiger partial charge is 0.188 e. The Morgan fingerprint density at radius 1 is 1.64 bits per heavy atom. The van der Waals surface area contributed by atoms with E-state index in [1.54, 1.807) is 4.90 Å². The highest BCUT2D eigenvalue weighted by molar-refractivity contribution is 8.93. The van der Waals surface area contributed by atoms with Crippen LogP contribution in [0.1, 0.15) is 13.8 Å². The Bertz CT molecular complexity index is 118. The first-order valence-electron chi connectivity index (χ1n) is 3.31. The lowest BCUT2D eigenvalue weighted by Gasteiger charge is -2.25. The largest absolute Gasteiger partial charge is 0.370 e. The minimum atomic E-state index is 0. The third-order valence-electron chi connectivity index (χ3n) is 1.27. The summed E-state index contributed by atoms with van der Waals surface area (Å²) < 4.78 is 0. The molecule has 68 valence electrons. The summed E-state index contributed by atoms with van der Waals surface area (Å²) in [5.74, 6) is 0.863. The van der Waals surface area contributed by atoms with Crippen LogP contribution in [0.5, 0.6) is 0 Å². The Morgan fingerprint density at radius 3 is 2.18 bits per heavy atom. The van der Waals surface area contributed by atoms with Crippen LogP contribution in [0.3, 0.4) is 0 Å². The quantitative estimate of drug-likeness (QED) is 0.394. The molecular formula is C6H16BrN3S. The number of halogens is 1. The third-order valence-corrected chi connectivity index (χ3v) is 1.47. The molecule has 5 heteroatoms. The van der Waals surface area contributed by atoms with Gasteiger partial charge >= 0.3 is 0 Å². The fourth-order valence-electron chi connectivity index (χ4n) is 0.765. The molecule has 0 spiro atoms. The molecule has 0 bridgehead atoms. The molecule has 0 aliphatic heterocycles. The standard InChI is InChI=1S/C6H15N3S.BrH/c1-5(2)9(3-4-10)6(7)8;/h5,10H,3-4H2,1-2H3,(H3,7,8);1H. The highest BCUT2D eigenvalue weighted by atomic mass is 79.9. The molecule has 0 aliphatic carbocycles. The number of hydrogen-bond acceptors (Lipinski definition) is 2. The maximum absolute atomic E-state index is 7.16. The van der Waals surface area contributed by atoms with E-state index in [1.165, 1.54) is 0 Å². The van der Waals surface area contributed by atoms with Crippen LogP contribution in [0.15, 0.2) is 0 Å². The van der Waals surface area contributed by atoms with Crippen molar-refractivity contribution in [2.75, 3.05) is 12.3 Å². The monoisotopic (exact) mass is 241 g/mol. The van der Waals surface area contributed by atoms with Crippen LogP contribution in [0.4, 0.5) is 0 Å². The van der Waals surface area contributed by atoms with Crippen molar-refractivity contribution in [2.45, 2.75) is 19.9 Å². The maximum atomic E-state index is 7.16. The minimum absolute atomic E-state index is 0. The second-order valence-electron chi connectivity index (χ2n) is 2.40. The molecule has 0 radical (unpaired) electrons. The van der Waals surface area contributed by atoms with Gasteiger partial charge in [0, 0.05) is 18.3 Å². The molecule has 0 saturated carbocycles. The topological polar surface area (TPSA) is 53.1 Å². The lowest BCUT2D eigenvalue weighted by Crippen LogP contribution is -2.42. The number of guanidine groups is 1. The molecule has 0 aliphatic rings. The molecule has 0 unspecified atom stereocenters. The molecule has 0 saturated heterocycles. The number of nitrogens with one attached hydrogen (secondary N) is 1. The second-order valence-corrected chi connectivity index (χ2v) is 2.84. The van der Waals surface area contributed by atoms with Gasteiger partial charge < -0.3 is 10.6 Å². The van der Waals surface area contributed by atoms with Crippen LogP contribution in [-0.4, -0.2) is 29.2 Å². The van der Waals surface area contributed by atoms with Crippen LogP contribution >= 0.6 is 29.6 Å². The number of hydrogen-bond donors (Lipinski definition) is 3. The summed E-state index contributed by atoms with van der Waals surface area (Å²) in [5, 5.41) is 7.16. The summed E-state index contributed by atoms with van der Waals surface area (Å²) >= 11 is 4.06. The van der Waals surface area contributed by atoms with Crippen LogP contribution in [0, 0.1) is 5.41 Å². The molecule has 0 aromatic carbocycles. The zero-order valence-corrected chi connectivity index (χ0v) is 9.48. The van der Waals surface area contributed by atoms with Gasteiger partial charge in [-0.2, -0.15) is 12.6 Å². The number of nitrogens with zero attached hydrogens (tertiary/aromatic N) is 1. The van der Waals surface area contributed by atoms with E-state index in [2.05, 4.69) is 12.6 Å². The lowest BCUT2D eigenvalue weighted by atomic mass is 10.3. The van der Waals surface area contributed by atoms with Crippen LogP contribution in [0.2, 0.25) is 0 Å². The van der Waals surface area contributed by atoms with Crippen molar-refractivity contribution < 1.29 is 0 Å². The molecule has 3 nitrogen and oxygen atoms in total. The van der Waals surface area contributed by atoms with Gasteiger partial charge in [-0.25, -0.2) is 0 Å². The lowest BCUT2D eigenvalue weighted by molar-refractivity contribution is 0.363. The van der Waals surface area contributed by atoms with E-state index in [0.29, 0.717) is 6.04 Å². The van der Waals surface area contributed by atoms with E-state index in [4.69, 9.17) is 11.1 Å². The Balaban J connectivity index is 0. The average Bonchev–Trinajstić information content (AvgIpc) is 1.81. The van der Waals surface area contributed by atoms with Crippen LogP contribution in [0.25, 0.3) is 0 Å². The molecule has 11 heavy (non-hydrogen) atoms. The first-order valence-corrected chi connectivity index (χ1v) is 3.94. The average molecular weight is 242 g/mol. The van der Waals surface area contributed by atoms with Gasteiger partial charge in [0.15, 0.2) is 5.96 Å². The Morgan fingerprint density at radius 2 is 2.09 bits per heavy atom. The normalized spacial score (nSPS) is 9.09. The minimum Gasteiger partial charge on any atom is -0.370 e. The summed E-state index contributed by atoms with van der Waals surface area (Å²) in [6.07, 6.45) is 0. The molecule has 3 N–H and O–H groups in total. The Kier molecular flexibility index (Phi) is 8.44. The summed E-state index contributed by atoms with van der Waals surface area (Å²) in [4.78, 5) is 1.80. The van der Waals surface area contributed by atoms with Crippen molar-refractivity contribution in [1.82, 2.24) is 4.90 Å². The maximum Gasteiger partial charge on any atom is 0.188 e. The van der Waals surface area contributed by atoms with Crippen molar-refractivity contribution >= 4 is 35.6 Å². The van der Waals surface area contributed by atoms with Gasteiger partial charge in [-0.15, -0.1) is 17.0 Å². The third kappa shape index (κ3) is 5.38. The van der Waals surface area contributed by atoms with Gasteiger partial charge in [0.25, 0.3) is 0 Å². The zero-order valence-electron chi connectivity index (χ0n) is 6.87. The van der Waals surface area contributed by atoms with Crippen LogP contribution in [-0.2, 0) is 0 Å². The van der Waals surface area contributed by atoms with E-state index in [1.807, 2.05) is 13.8 Å². The first kappa shape index (κ1) is 13.7. The number of rotatable bonds is 3. The molecule has 0 atom stereocenters. The van der Waals surface area contributed by atoms with E-state index in [0.717, 1.165) is 12.3 Å². The molecule has 0 aromatic rings. The van der Waals surface area contributed by atoms with Crippen molar-refractivity contribution in [2.24, 2.45) is 5.73 Å². The molecule has 0 heterocycles. The fourth-order valence-corrected chi connectivity index (χ4v) is 0.980. The van der Waals surface area contributed by atoms with Gasteiger partial charge in [-0.3, -0.25) is 5.41 Å². The van der Waals surface area contributed by atoms with Gasteiger partial charge in [-0.1, -0.05) is 0 Å². The fraction of sp³-hybridized carbons (Fsp3) is 0.833. The van der Waals surface area contributed by atoms with E-state index in [9.17, 15) is 0 Å². The highest BCUT2D eigenvalue weighted by Gasteiger charge is 2.07. The van der Waals surface area contributed by atoms with E-state index < -0.39 is 0 Å². The van der Waals surface area contributed by atoms with Gasteiger partial charge in [0.05, 0.1) is 0 Å². The van der Waals surface area contributed by atoms with Crippen molar-refractivity contribution in [3.05, 3.63) is 0 Å². The van der Waals surface area contributed by atoms with Crippen LogP contribution < -0.4 is 5.73 Å². The van der Waals surface area contributed by atoms with Crippen molar-refractivity contribution in [3.63, 3.8) is 0 Å². The van der Waals surface area contributed by atoms with Gasteiger partial charge in [-0.05, 0) is 13.8 Å². The molecule has 0 fully saturated rings. The summed E-state index contributed by atoms with van der Waals surface area (Å²) in [6.45, 7) is 4.76. The Labute approximate surface area is 84.0 Å². The molecule has 0 rings (SSSR count). The van der Waals surface area contributed by atoms with Gasteiger partial charge in [0.1, 0.15) is 0 Å². The van der Waals surface area contributed by atoms with Crippen molar-refractivity contribution in [3.8, 4) is 0 Å². The highest BCUT2D eigenvalue weighted by Crippen LogP contribution is 1.96. The second kappa shape index (κ2) is 6.79. The summed E-state index contributed by atoms with van der Waals surface area (Å²) in [5.41, 5.74) is 5.30. The molecule has 0 amide bonds. The number of nitrogens with two attached hydrogens (primary N) is 1. The van der Waals surface area contributed by atoms with Crippen molar-refractivity contribution in [1.29, 1.82) is 5.41 Å². The summed E-state index contributed by atoms with van der Waals surface area (Å²) in [6, 6.07) is 0.296. The number of thiol groups is 1. The SMILES string of the molecule is Br.CC(C)N(CCS)C(=N)N. The molecular weight excluding hydrogens is 226 g/mol. The van der Waals surface area contributed by atoms with E-state index >= 15 is 0 Å². The predicted octanol–water partition coefficient (Wildman–Crippen LogP) is 1.10. The van der Waals surface area contributed by atoms with E-state index in [-0.39, 0.29) is 22.9 Å².